The zero-order valence-electron chi connectivity index (χ0n) is 14.4. The van der Waals surface area contributed by atoms with Crippen LogP contribution in [0, 0.1) is 0 Å². The fraction of sp³-hybridized carbons (Fsp3) is 0.650. The Morgan fingerprint density at radius 2 is 1.78 bits per heavy atom. The Balaban J connectivity index is 2.61. The molecule has 0 aromatic heterocycles. The maximum atomic E-state index is 12.1. The van der Waals surface area contributed by atoms with Crippen LogP contribution in [0.5, 0.6) is 0 Å². The molecule has 0 aromatic rings. The van der Waals surface area contributed by atoms with Gasteiger partial charge in [0, 0.05) is 6.42 Å². The number of halogens is 1. The highest BCUT2D eigenvalue weighted by Crippen LogP contribution is 2.22. The second kappa shape index (κ2) is 13.8. The molecule has 0 aliphatic carbocycles. The molecule has 0 radical (unpaired) electrons. The van der Waals surface area contributed by atoms with Crippen LogP contribution >= 0.6 is 22.6 Å². The van der Waals surface area contributed by atoms with Gasteiger partial charge in [0.1, 0.15) is 6.10 Å². The predicted molar refractivity (Wildman–Crippen MR) is 107 cm³/mol. The smallest absolute Gasteiger partial charge is 0.306 e. The molecule has 2 atom stereocenters. The number of allylic oxidation sites excluding steroid dienone is 6. The van der Waals surface area contributed by atoms with Gasteiger partial charge >= 0.3 is 5.97 Å². The van der Waals surface area contributed by atoms with Crippen LogP contribution in [-0.4, -0.2) is 16.0 Å². The Morgan fingerprint density at radius 1 is 1.09 bits per heavy atom. The highest BCUT2D eigenvalue weighted by Gasteiger charge is 2.21. The summed E-state index contributed by atoms with van der Waals surface area (Å²) in [5.74, 6) is -0.0301. The van der Waals surface area contributed by atoms with Gasteiger partial charge in [-0.25, -0.2) is 0 Å². The van der Waals surface area contributed by atoms with E-state index in [1.165, 1.54) is 12.8 Å². The van der Waals surface area contributed by atoms with Crippen molar-refractivity contribution in [3.8, 4) is 0 Å². The molecule has 2 unspecified atom stereocenters. The molecule has 0 saturated heterocycles. The Hall–Kier alpha value is -0.580. The van der Waals surface area contributed by atoms with Crippen LogP contribution in [0.4, 0.5) is 0 Å². The molecular formula is C20H31IO2. The van der Waals surface area contributed by atoms with Crippen molar-refractivity contribution >= 4 is 28.6 Å². The first kappa shape index (κ1) is 20.5. The van der Waals surface area contributed by atoms with Crippen LogP contribution in [0.1, 0.15) is 71.1 Å². The SMILES string of the molecule is CCCCCC1OC(=O)CCC/C=C/C/C=C/C/C=C/CC1I. The summed E-state index contributed by atoms with van der Waals surface area (Å²) in [4.78, 5) is 12.1. The van der Waals surface area contributed by atoms with Crippen molar-refractivity contribution in [2.75, 3.05) is 0 Å². The summed E-state index contributed by atoms with van der Waals surface area (Å²) < 4.78 is 6.15. The van der Waals surface area contributed by atoms with E-state index in [0.717, 1.165) is 44.9 Å². The number of rotatable bonds is 4. The molecule has 0 saturated carbocycles. The molecule has 1 aliphatic heterocycles. The van der Waals surface area contributed by atoms with E-state index in [4.69, 9.17) is 4.74 Å². The molecule has 0 bridgehead atoms. The number of cyclic esters (lactones) is 1. The van der Waals surface area contributed by atoms with Crippen molar-refractivity contribution in [1.29, 1.82) is 0 Å². The number of carbonyl (C=O) groups is 1. The average Bonchev–Trinajstić information content (AvgIpc) is 2.54. The summed E-state index contributed by atoms with van der Waals surface area (Å²) in [6.07, 6.45) is 23.1. The van der Waals surface area contributed by atoms with Crippen LogP contribution in [0.3, 0.4) is 0 Å². The zero-order chi connectivity index (χ0) is 16.8. The fourth-order valence-electron chi connectivity index (χ4n) is 2.54. The lowest BCUT2D eigenvalue weighted by Gasteiger charge is -2.22. The lowest BCUT2D eigenvalue weighted by atomic mass is 10.1. The zero-order valence-corrected chi connectivity index (χ0v) is 16.5. The lowest BCUT2D eigenvalue weighted by Crippen LogP contribution is -2.27. The second-order valence-corrected chi connectivity index (χ2v) is 7.65. The number of esters is 1. The molecule has 23 heavy (non-hydrogen) atoms. The monoisotopic (exact) mass is 430 g/mol. The summed E-state index contributed by atoms with van der Waals surface area (Å²) in [6, 6.07) is 0. The minimum absolute atomic E-state index is 0.0301. The van der Waals surface area contributed by atoms with E-state index in [9.17, 15) is 4.79 Å². The van der Waals surface area contributed by atoms with E-state index in [2.05, 4.69) is 66.0 Å². The van der Waals surface area contributed by atoms with Crippen LogP contribution in [-0.2, 0) is 9.53 Å². The molecule has 1 aliphatic rings. The minimum atomic E-state index is -0.0301. The molecule has 0 N–H and O–H groups in total. The largest absolute Gasteiger partial charge is 0.461 e. The van der Waals surface area contributed by atoms with Gasteiger partial charge in [-0.15, -0.1) is 0 Å². The summed E-state index contributed by atoms with van der Waals surface area (Å²) >= 11 is 2.45. The molecular weight excluding hydrogens is 399 g/mol. The van der Waals surface area contributed by atoms with Crippen LogP contribution in [0.2, 0.25) is 0 Å². The van der Waals surface area contributed by atoms with E-state index in [1.54, 1.807) is 0 Å². The van der Waals surface area contributed by atoms with Gasteiger partial charge in [0.15, 0.2) is 0 Å². The number of hydrogen-bond acceptors (Lipinski definition) is 2. The first-order chi connectivity index (χ1) is 11.2. The van der Waals surface area contributed by atoms with Gasteiger partial charge in [-0.1, -0.05) is 78.8 Å². The number of alkyl halides is 1. The van der Waals surface area contributed by atoms with Crippen molar-refractivity contribution in [1.82, 2.24) is 0 Å². The molecule has 0 spiro atoms. The lowest BCUT2D eigenvalue weighted by molar-refractivity contribution is -0.149. The molecule has 1 rings (SSSR count). The average molecular weight is 430 g/mol. The molecule has 2 nitrogen and oxygen atoms in total. The number of hydrogen-bond donors (Lipinski definition) is 0. The van der Waals surface area contributed by atoms with E-state index in [0.29, 0.717) is 10.3 Å². The van der Waals surface area contributed by atoms with Gasteiger partial charge in [0.05, 0.1) is 3.92 Å². The molecule has 0 aromatic carbocycles. The Morgan fingerprint density at radius 3 is 2.52 bits per heavy atom. The third kappa shape index (κ3) is 10.7. The van der Waals surface area contributed by atoms with Crippen molar-refractivity contribution in [3.05, 3.63) is 36.5 Å². The molecule has 130 valence electrons. The summed E-state index contributed by atoms with van der Waals surface area (Å²) in [5, 5.41) is 0. The number of ether oxygens (including phenoxy) is 1. The molecule has 0 fully saturated rings. The third-order valence-corrected chi connectivity index (χ3v) is 5.25. The van der Waals surface area contributed by atoms with Crippen LogP contribution in [0.25, 0.3) is 0 Å². The number of unbranched alkanes of at least 4 members (excludes halogenated alkanes) is 2. The van der Waals surface area contributed by atoms with E-state index >= 15 is 0 Å². The highest BCUT2D eigenvalue weighted by atomic mass is 127. The standard InChI is InChI=1S/C20H31IO2/c1-2-3-12-16-19-18(21)15-13-10-8-6-4-5-7-9-11-14-17-20(22)23-19/h4,6-7,9-10,13,18-19H,2-3,5,8,11-12,14-17H2,1H3/b6-4+,9-7+,13-10+. The van der Waals surface area contributed by atoms with E-state index < -0.39 is 0 Å². The van der Waals surface area contributed by atoms with Gasteiger partial charge in [-0.2, -0.15) is 0 Å². The van der Waals surface area contributed by atoms with Gasteiger partial charge in [-0.05, 0) is 44.9 Å². The van der Waals surface area contributed by atoms with Crippen LogP contribution < -0.4 is 0 Å². The highest BCUT2D eigenvalue weighted by molar-refractivity contribution is 14.1. The minimum Gasteiger partial charge on any atom is -0.461 e. The Bertz CT molecular complexity index is 398. The first-order valence-electron chi connectivity index (χ1n) is 9.02. The predicted octanol–water partition coefficient (Wildman–Crippen LogP) is 6.30. The van der Waals surface area contributed by atoms with E-state index in [1.807, 2.05) is 0 Å². The topological polar surface area (TPSA) is 26.3 Å². The molecule has 3 heteroatoms. The van der Waals surface area contributed by atoms with Crippen molar-refractivity contribution in [2.45, 2.75) is 81.2 Å². The third-order valence-electron chi connectivity index (χ3n) is 3.94. The normalized spacial score (nSPS) is 28.7. The quantitative estimate of drug-likeness (QED) is 0.172. The maximum Gasteiger partial charge on any atom is 0.306 e. The Labute approximate surface area is 155 Å². The van der Waals surface area contributed by atoms with Gasteiger partial charge in [0.25, 0.3) is 0 Å². The van der Waals surface area contributed by atoms with Crippen LogP contribution in [0.15, 0.2) is 36.5 Å². The van der Waals surface area contributed by atoms with Crippen molar-refractivity contribution in [3.63, 3.8) is 0 Å². The summed E-state index contributed by atoms with van der Waals surface area (Å²) in [7, 11) is 0. The second-order valence-electron chi connectivity index (χ2n) is 6.05. The number of carbonyl (C=O) groups excluding carboxylic acids is 1. The Kier molecular flexibility index (Phi) is 12.3. The maximum absolute atomic E-state index is 12.1. The summed E-state index contributed by atoms with van der Waals surface area (Å²) in [6.45, 7) is 2.20. The van der Waals surface area contributed by atoms with Gasteiger partial charge in [0.2, 0.25) is 0 Å². The molecule has 1 heterocycles. The fourth-order valence-corrected chi connectivity index (χ4v) is 3.34. The first-order valence-corrected chi connectivity index (χ1v) is 10.3. The van der Waals surface area contributed by atoms with Gasteiger partial charge < -0.3 is 4.74 Å². The van der Waals surface area contributed by atoms with Gasteiger partial charge in [-0.3, -0.25) is 4.79 Å². The van der Waals surface area contributed by atoms with Crippen molar-refractivity contribution in [2.24, 2.45) is 0 Å². The summed E-state index contributed by atoms with van der Waals surface area (Å²) in [5.41, 5.74) is 0. The van der Waals surface area contributed by atoms with E-state index in [-0.39, 0.29) is 12.1 Å². The van der Waals surface area contributed by atoms with Crippen molar-refractivity contribution < 1.29 is 9.53 Å². The molecule has 0 amide bonds.